The molecule has 0 bridgehead atoms. The molecule has 98 valence electrons. The summed E-state index contributed by atoms with van der Waals surface area (Å²) in [6.07, 6.45) is 0.650. The molecule has 0 aliphatic carbocycles. The van der Waals surface area contributed by atoms with Gasteiger partial charge < -0.3 is 20.5 Å². The summed E-state index contributed by atoms with van der Waals surface area (Å²) < 4.78 is 5.08. The van der Waals surface area contributed by atoms with Gasteiger partial charge in [0.1, 0.15) is 12.3 Å². The molecule has 1 aromatic carbocycles. The van der Waals surface area contributed by atoms with Gasteiger partial charge in [0.05, 0.1) is 7.11 Å². The maximum absolute atomic E-state index is 11.2. The van der Waals surface area contributed by atoms with Crippen molar-refractivity contribution in [1.29, 1.82) is 0 Å². The highest BCUT2D eigenvalue weighted by Gasteiger charge is 2.02. The monoisotopic (exact) mass is 252 g/mol. The Labute approximate surface area is 105 Å². The number of aliphatic carboxylic acids is 1. The van der Waals surface area contributed by atoms with Gasteiger partial charge in [-0.1, -0.05) is 12.1 Å². The van der Waals surface area contributed by atoms with Gasteiger partial charge in [0, 0.05) is 6.54 Å². The average molecular weight is 252 g/mol. The van der Waals surface area contributed by atoms with Crippen LogP contribution in [0.5, 0.6) is 5.75 Å². The van der Waals surface area contributed by atoms with Crippen molar-refractivity contribution < 1.29 is 19.4 Å². The molecule has 2 amide bonds. The van der Waals surface area contributed by atoms with Crippen LogP contribution >= 0.6 is 0 Å². The molecule has 0 saturated carbocycles. The Bertz CT molecular complexity index is 420. The molecule has 0 spiro atoms. The molecule has 0 aliphatic heterocycles. The second-order valence-corrected chi connectivity index (χ2v) is 3.60. The topological polar surface area (TPSA) is 87.7 Å². The Hall–Kier alpha value is -2.24. The Morgan fingerprint density at radius 2 is 2.11 bits per heavy atom. The first kappa shape index (κ1) is 13.8. The van der Waals surface area contributed by atoms with Gasteiger partial charge >= 0.3 is 12.0 Å². The van der Waals surface area contributed by atoms with Crippen LogP contribution < -0.4 is 15.4 Å². The molecule has 3 N–H and O–H groups in total. The van der Waals surface area contributed by atoms with E-state index in [-0.39, 0.29) is 6.54 Å². The van der Waals surface area contributed by atoms with Gasteiger partial charge in [0.25, 0.3) is 0 Å². The minimum absolute atomic E-state index is 0.384. The zero-order valence-corrected chi connectivity index (χ0v) is 10.1. The van der Waals surface area contributed by atoms with E-state index in [0.29, 0.717) is 13.0 Å². The third-order valence-corrected chi connectivity index (χ3v) is 2.23. The van der Waals surface area contributed by atoms with Gasteiger partial charge in [-0.3, -0.25) is 4.79 Å². The van der Waals surface area contributed by atoms with E-state index in [1.54, 1.807) is 7.11 Å². The molecular weight excluding hydrogens is 236 g/mol. The van der Waals surface area contributed by atoms with E-state index in [2.05, 4.69) is 10.6 Å². The first-order valence-electron chi connectivity index (χ1n) is 5.48. The SMILES string of the molecule is COc1cccc(CCNC(=O)NCC(=O)O)c1. The van der Waals surface area contributed by atoms with Crippen molar-refractivity contribution in [2.24, 2.45) is 0 Å². The fraction of sp³-hybridized carbons (Fsp3) is 0.333. The Kier molecular flexibility index (Phi) is 5.50. The van der Waals surface area contributed by atoms with Crippen LogP contribution in [0.2, 0.25) is 0 Å². The fourth-order valence-electron chi connectivity index (χ4n) is 1.37. The van der Waals surface area contributed by atoms with Crippen molar-refractivity contribution in [1.82, 2.24) is 10.6 Å². The number of methoxy groups -OCH3 is 1. The zero-order valence-electron chi connectivity index (χ0n) is 10.1. The number of hydrogen-bond donors (Lipinski definition) is 3. The van der Waals surface area contributed by atoms with Gasteiger partial charge in [-0.05, 0) is 24.1 Å². The summed E-state index contributed by atoms with van der Waals surface area (Å²) in [5.41, 5.74) is 1.04. The Morgan fingerprint density at radius 3 is 2.78 bits per heavy atom. The van der Waals surface area contributed by atoms with Crippen LogP contribution in [-0.2, 0) is 11.2 Å². The maximum atomic E-state index is 11.2. The number of rotatable bonds is 6. The number of urea groups is 1. The van der Waals surface area contributed by atoms with Crippen molar-refractivity contribution in [2.75, 3.05) is 20.2 Å². The van der Waals surface area contributed by atoms with Crippen molar-refractivity contribution in [3.8, 4) is 5.75 Å². The van der Waals surface area contributed by atoms with Crippen LogP contribution in [0.4, 0.5) is 4.79 Å². The molecule has 0 fully saturated rings. The first-order valence-corrected chi connectivity index (χ1v) is 5.48. The van der Waals surface area contributed by atoms with Crippen LogP contribution in [-0.4, -0.2) is 37.3 Å². The average Bonchev–Trinajstić information content (AvgIpc) is 2.36. The van der Waals surface area contributed by atoms with E-state index in [1.165, 1.54) is 0 Å². The number of benzene rings is 1. The van der Waals surface area contributed by atoms with Gasteiger partial charge in [-0.2, -0.15) is 0 Å². The molecular formula is C12H16N2O4. The molecule has 0 saturated heterocycles. The number of carbonyl (C=O) groups is 2. The molecule has 1 aromatic rings. The summed E-state index contributed by atoms with van der Waals surface area (Å²) in [4.78, 5) is 21.4. The van der Waals surface area contributed by atoms with Crippen LogP contribution in [0.3, 0.4) is 0 Å². The Morgan fingerprint density at radius 1 is 1.33 bits per heavy atom. The van der Waals surface area contributed by atoms with Crippen LogP contribution in [0, 0.1) is 0 Å². The smallest absolute Gasteiger partial charge is 0.323 e. The lowest BCUT2D eigenvalue weighted by atomic mass is 10.1. The lowest BCUT2D eigenvalue weighted by Crippen LogP contribution is -2.39. The number of carboxylic acids is 1. The quantitative estimate of drug-likeness (QED) is 0.692. The highest BCUT2D eigenvalue weighted by atomic mass is 16.5. The summed E-state index contributed by atoms with van der Waals surface area (Å²) in [5.74, 6) is -0.305. The summed E-state index contributed by atoms with van der Waals surface area (Å²) in [5, 5.41) is 13.2. The molecule has 0 heterocycles. The molecule has 0 aromatic heterocycles. The van der Waals surface area contributed by atoms with Crippen LogP contribution in [0.25, 0.3) is 0 Å². The summed E-state index contributed by atoms with van der Waals surface area (Å²) in [7, 11) is 1.59. The van der Waals surface area contributed by atoms with Gasteiger partial charge in [-0.15, -0.1) is 0 Å². The predicted octanol–water partition coefficient (Wildman–Crippen LogP) is 0.621. The van der Waals surface area contributed by atoms with E-state index in [0.717, 1.165) is 11.3 Å². The lowest BCUT2D eigenvalue weighted by Gasteiger charge is -2.07. The number of amides is 2. The number of carbonyl (C=O) groups excluding carboxylic acids is 1. The molecule has 6 nitrogen and oxygen atoms in total. The fourth-order valence-corrected chi connectivity index (χ4v) is 1.37. The highest BCUT2D eigenvalue weighted by molar-refractivity contribution is 5.79. The van der Waals surface area contributed by atoms with Crippen molar-refractivity contribution in [2.45, 2.75) is 6.42 Å². The number of hydrogen-bond acceptors (Lipinski definition) is 3. The van der Waals surface area contributed by atoms with Crippen LogP contribution in [0.15, 0.2) is 24.3 Å². The van der Waals surface area contributed by atoms with E-state index in [9.17, 15) is 9.59 Å². The van der Waals surface area contributed by atoms with Crippen molar-refractivity contribution in [3.05, 3.63) is 29.8 Å². The minimum atomic E-state index is -1.07. The first-order chi connectivity index (χ1) is 8.61. The standard InChI is InChI=1S/C12H16N2O4/c1-18-10-4-2-3-9(7-10)5-6-13-12(17)14-8-11(15)16/h2-4,7H,5-6,8H2,1H3,(H,15,16)(H2,13,14,17). The van der Waals surface area contributed by atoms with Crippen molar-refractivity contribution in [3.63, 3.8) is 0 Å². The molecule has 0 unspecified atom stereocenters. The highest BCUT2D eigenvalue weighted by Crippen LogP contribution is 2.12. The number of nitrogens with one attached hydrogen (secondary N) is 2. The van der Waals surface area contributed by atoms with Crippen LogP contribution in [0.1, 0.15) is 5.56 Å². The third kappa shape index (κ3) is 5.20. The zero-order chi connectivity index (χ0) is 13.4. The van der Waals surface area contributed by atoms with E-state index in [1.807, 2.05) is 24.3 Å². The number of ether oxygens (including phenoxy) is 1. The van der Waals surface area contributed by atoms with Gasteiger partial charge in [0.15, 0.2) is 0 Å². The normalized spacial score (nSPS) is 9.61. The summed E-state index contributed by atoms with van der Waals surface area (Å²) >= 11 is 0. The Balaban J connectivity index is 2.28. The molecule has 18 heavy (non-hydrogen) atoms. The van der Waals surface area contributed by atoms with Gasteiger partial charge in [0.2, 0.25) is 0 Å². The maximum Gasteiger partial charge on any atom is 0.323 e. The molecule has 0 atom stereocenters. The second kappa shape index (κ2) is 7.16. The molecule has 0 radical (unpaired) electrons. The molecule has 0 aliphatic rings. The van der Waals surface area contributed by atoms with E-state index >= 15 is 0 Å². The summed E-state index contributed by atoms with van der Waals surface area (Å²) in [6.45, 7) is 0.0453. The minimum Gasteiger partial charge on any atom is -0.497 e. The molecule has 6 heteroatoms. The lowest BCUT2D eigenvalue weighted by molar-refractivity contribution is -0.135. The number of carboxylic acid groups (broad SMARTS) is 1. The van der Waals surface area contributed by atoms with Crippen molar-refractivity contribution >= 4 is 12.0 Å². The predicted molar refractivity (Wildman–Crippen MR) is 65.7 cm³/mol. The third-order valence-electron chi connectivity index (χ3n) is 2.23. The van der Waals surface area contributed by atoms with Gasteiger partial charge in [-0.25, -0.2) is 4.79 Å². The summed E-state index contributed by atoms with van der Waals surface area (Å²) in [6, 6.07) is 7.05. The molecule has 1 rings (SSSR count). The van der Waals surface area contributed by atoms with E-state index < -0.39 is 12.0 Å². The second-order valence-electron chi connectivity index (χ2n) is 3.60. The largest absolute Gasteiger partial charge is 0.497 e. The van der Waals surface area contributed by atoms with E-state index in [4.69, 9.17) is 9.84 Å².